The predicted molar refractivity (Wildman–Crippen MR) is 50.4 cm³/mol. The summed E-state index contributed by atoms with van der Waals surface area (Å²) in [6, 6.07) is -0.0868. The molecule has 0 aromatic rings. The lowest BCUT2D eigenvalue weighted by Gasteiger charge is -2.11. The summed E-state index contributed by atoms with van der Waals surface area (Å²) in [7, 11) is 1.62. The fraction of sp³-hybridized carbons (Fsp3) is 0.500. The van der Waals surface area contributed by atoms with E-state index in [2.05, 4.69) is 21.2 Å². The molecule has 1 heterocycles. The van der Waals surface area contributed by atoms with Gasteiger partial charge in [0.25, 0.3) is 0 Å². The van der Waals surface area contributed by atoms with Crippen LogP contribution in [0.4, 0.5) is 4.79 Å². The van der Waals surface area contributed by atoms with Crippen molar-refractivity contribution in [2.75, 3.05) is 7.05 Å². The second kappa shape index (κ2) is 3.49. The van der Waals surface area contributed by atoms with Crippen LogP contribution in [-0.4, -0.2) is 22.6 Å². The summed E-state index contributed by atoms with van der Waals surface area (Å²) in [5.74, 6) is 0. The van der Waals surface area contributed by atoms with Gasteiger partial charge in [0, 0.05) is 17.7 Å². The van der Waals surface area contributed by atoms with E-state index in [1.54, 1.807) is 17.6 Å². The molecule has 2 amide bonds. The highest BCUT2D eigenvalue weighted by atomic mass is 79.9. The number of rotatable bonds is 0. The SMILES string of the molecule is CNC(=O)N1C=C(Br)C(C)S1. The normalized spacial score (nSPS) is 23.4. The lowest BCUT2D eigenvalue weighted by molar-refractivity contribution is 0.236. The number of hydrogen-bond acceptors (Lipinski definition) is 2. The molecule has 0 saturated carbocycles. The predicted octanol–water partition coefficient (Wildman–Crippen LogP) is 1.91. The van der Waals surface area contributed by atoms with Gasteiger partial charge < -0.3 is 5.32 Å². The highest BCUT2D eigenvalue weighted by Crippen LogP contribution is 2.34. The zero-order valence-corrected chi connectivity index (χ0v) is 8.70. The molecule has 62 valence electrons. The number of hydrogen-bond donors (Lipinski definition) is 1. The van der Waals surface area contributed by atoms with Crippen LogP contribution < -0.4 is 5.32 Å². The standard InChI is InChI=1S/C6H9BrN2OS/c1-4-5(7)3-9(11-4)6(10)8-2/h3-4H,1-2H3,(H,8,10). The number of carbonyl (C=O) groups excluding carboxylic acids is 1. The minimum Gasteiger partial charge on any atom is -0.340 e. The average Bonchev–Trinajstić information content (AvgIpc) is 2.31. The number of amides is 2. The molecule has 0 spiro atoms. The van der Waals surface area contributed by atoms with Crippen LogP contribution >= 0.6 is 27.9 Å². The van der Waals surface area contributed by atoms with Crippen LogP contribution in [0.1, 0.15) is 6.92 Å². The Kier molecular flexibility index (Phi) is 2.84. The summed E-state index contributed by atoms with van der Waals surface area (Å²) < 4.78 is 2.63. The van der Waals surface area contributed by atoms with Gasteiger partial charge in [0.2, 0.25) is 0 Å². The Morgan fingerprint density at radius 1 is 1.91 bits per heavy atom. The average molecular weight is 237 g/mol. The number of nitrogens with zero attached hydrogens (tertiary/aromatic N) is 1. The fourth-order valence-electron chi connectivity index (χ4n) is 0.685. The van der Waals surface area contributed by atoms with Gasteiger partial charge in [-0.1, -0.05) is 15.9 Å². The van der Waals surface area contributed by atoms with E-state index in [9.17, 15) is 4.79 Å². The number of urea groups is 1. The van der Waals surface area contributed by atoms with Gasteiger partial charge in [0.05, 0.1) is 5.25 Å². The largest absolute Gasteiger partial charge is 0.340 e. The molecule has 1 atom stereocenters. The zero-order chi connectivity index (χ0) is 8.43. The van der Waals surface area contributed by atoms with Crippen LogP contribution in [0, 0.1) is 0 Å². The molecular weight excluding hydrogens is 228 g/mol. The van der Waals surface area contributed by atoms with E-state index < -0.39 is 0 Å². The van der Waals surface area contributed by atoms with E-state index in [-0.39, 0.29) is 6.03 Å². The Bertz CT molecular complexity index is 207. The van der Waals surface area contributed by atoms with Crippen LogP contribution in [0.2, 0.25) is 0 Å². The van der Waals surface area contributed by atoms with Crippen LogP contribution in [0.15, 0.2) is 10.7 Å². The Labute approximate surface area is 78.5 Å². The first-order valence-electron chi connectivity index (χ1n) is 3.20. The van der Waals surface area contributed by atoms with E-state index in [1.807, 2.05) is 6.92 Å². The van der Waals surface area contributed by atoms with Gasteiger partial charge in [0.1, 0.15) is 0 Å². The molecule has 11 heavy (non-hydrogen) atoms. The van der Waals surface area contributed by atoms with Gasteiger partial charge in [-0.05, 0) is 18.9 Å². The second-order valence-electron chi connectivity index (χ2n) is 2.14. The minimum absolute atomic E-state index is 0.0868. The molecule has 0 aromatic carbocycles. The highest BCUT2D eigenvalue weighted by Gasteiger charge is 2.23. The Morgan fingerprint density at radius 3 is 2.91 bits per heavy atom. The second-order valence-corrected chi connectivity index (χ2v) is 4.37. The molecule has 1 unspecified atom stereocenters. The van der Waals surface area contributed by atoms with E-state index in [4.69, 9.17) is 0 Å². The summed E-state index contributed by atoms with van der Waals surface area (Å²) in [5.41, 5.74) is 0. The van der Waals surface area contributed by atoms with Gasteiger partial charge in [-0.3, -0.25) is 0 Å². The molecule has 0 radical (unpaired) electrons. The molecule has 3 nitrogen and oxygen atoms in total. The summed E-state index contributed by atoms with van der Waals surface area (Å²) in [5, 5.41) is 2.89. The molecule has 1 rings (SSSR count). The first kappa shape index (κ1) is 8.93. The van der Waals surface area contributed by atoms with Crippen molar-refractivity contribution < 1.29 is 4.79 Å². The van der Waals surface area contributed by atoms with E-state index in [0.29, 0.717) is 5.25 Å². The quantitative estimate of drug-likeness (QED) is 0.653. The Hall–Kier alpha value is -0.160. The van der Waals surface area contributed by atoms with Gasteiger partial charge in [-0.15, -0.1) is 0 Å². The lowest BCUT2D eigenvalue weighted by Crippen LogP contribution is -2.28. The maximum atomic E-state index is 11.0. The van der Waals surface area contributed by atoms with Crippen molar-refractivity contribution in [1.82, 2.24) is 9.62 Å². The highest BCUT2D eigenvalue weighted by molar-refractivity contribution is 9.12. The molecule has 1 aliphatic heterocycles. The zero-order valence-electron chi connectivity index (χ0n) is 6.30. The van der Waals surface area contributed by atoms with Crippen LogP contribution in [-0.2, 0) is 0 Å². The fourth-order valence-corrected chi connectivity index (χ4v) is 2.14. The van der Waals surface area contributed by atoms with Crippen molar-refractivity contribution >= 4 is 33.9 Å². The molecule has 0 fully saturated rings. The Morgan fingerprint density at radius 2 is 2.55 bits per heavy atom. The lowest BCUT2D eigenvalue weighted by atomic mass is 10.5. The monoisotopic (exact) mass is 236 g/mol. The molecular formula is C6H9BrN2OS. The molecule has 1 N–H and O–H groups in total. The molecule has 1 aliphatic rings. The van der Waals surface area contributed by atoms with Crippen molar-refractivity contribution in [2.45, 2.75) is 12.2 Å². The molecule has 5 heteroatoms. The number of halogens is 1. The van der Waals surface area contributed by atoms with Crippen molar-refractivity contribution in [3.63, 3.8) is 0 Å². The van der Waals surface area contributed by atoms with Crippen LogP contribution in [0.5, 0.6) is 0 Å². The van der Waals surface area contributed by atoms with Crippen molar-refractivity contribution in [3.05, 3.63) is 10.7 Å². The van der Waals surface area contributed by atoms with Crippen molar-refractivity contribution in [2.24, 2.45) is 0 Å². The van der Waals surface area contributed by atoms with E-state index in [1.165, 1.54) is 11.9 Å². The first-order chi connectivity index (χ1) is 5.15. The molecule has 0 aromatic heterocycles. The Balaban J connectivity index is 2.60. The summed E-state index contributed by atoms with van der Waals surface area (Å²) in [4.78, 5) is 11.0. The summed E-state index contributed by atoms with van der Waals surface area (Å²) >= 11 is 4.85. The van der Waals surface area contributed by atoms with E-state index in [0.717, 1.165) is 4.48 Å². The third-order valence-corrected chi connectivity index (χ3v) is 3.58. The minimum atomic E-state index is -0.0868. The van der Waals surface area contributed by atoms with Gasteiger partial charge >= 0.3 is 6.03 Å². The van der Waals surface area contributed by atoms with Gasteiger partial charge in [0.15, 0.2) is 0 Å². The third-order valence-electron chi connectivity index (χ3n) is 1.31. The molecule has 0 bridgehead atoms. The van der Waals surface area contributed by atoms with Crippen LogP contribution in [0.25, 0.3) is 0 Å². The smallest absolute Gasteiger partial charge is 0.331 e. The van der Waals surface area contributed by atoms with Crippen molar-refractivity contribution in [3.8, 4) is 0 Å². The van der Waals surface area contributed by atoms with Crippen LogP contribution in [0.3, 0.4) is 0 Å². The maximum absolute atomic E-state index is 11.0. The summed E-state index contributed by atoms with van der Waals surface area (Å²) in [6.45, 7) is 2.04. The van der Waals surface area contributed by atoms with Crippen molar-refractivity contribution in [1.29, 1.82) is 0 Å². The maximum Gasteiger partial charge on any atom is 0.331 e. The first-order valence-corrected chi connectivity index (χ1v) is 4.83. The van der Waals surface area contributed by atoms with Gasteiger partial charge in [-0.2, -0.15) is 0 Å². The molecule has 0 saturated heterocycles. The topological polar surface area (TPSA) is 32.3 Å². The third kappa shape index (κ3) is 1.90. The number of nitrogens with one attached hydrogen (secondary N) is 1. The molecule has 0 aliphatic carbocycles. The number of carbonyl (C=O) groups is 1. The summed E-state index contributed by atoms with van der Waals surface area (Å²) in [6.07, 6.45) is 1.79. The van der Waals surface area contributed by atoms with E-state index >= 15 is 0 Å². The van der Waals surface area contributed by atoms with Gasteiger partial charge in [-0.25, -0.2) is 9.10 Å².